The molecule has 3 heterocycles. The minimum absolute atomic E-state index is 0.0948. The third kappa shape index (κ3) is 5.09. The smallest absolute Gasteiger partial charge is 0.253 e. The first-order valence-electron chi connectivity index (χ1n) is 12.2. The third-order valence-electron chi connectivity index (χ3n) is 7.07. The zero-order chi connectivity index (χ0) is 25.1. The van der Waals surface area contributed by atoms with Crippen molar-refractivity contribution in [3.05, 3.63) is 88.0 Å². The molecule has 1 unspecified atom stereocenters. The SMILES string of the molecule is COc1cccc(C(=O)NC2C[C@H]3CC[C@@H](C2)N3c2ccc(C(=O)NCc3ccccc3)cn2)c1Br. The summed E-state index contributed by atoms with van der Waals surface area (Å²) < 4.78 is 5.99. The van der Waals surface area contributed by atoms with E-state index >= 15 is 0 Å². The summed E-state index contributed by atoms with van der Waals surface area (Å²) in [5, 5.41) is 6.18. The molecule has 0 saturated carbocycles. The van der Waals surface area contributed by atoms with E-state index in [1.165, 1.54) is 0 Å². The topological polar surface area (TPSA) is 83.6 Å². The van der Waals surface area contributed by atoms with E-state index in [-0.39, 0.29) is 17.9 Å². The van der Waals surface area contributed by atoms with Gasteiger partial charge in [-0.25, -0.2) is 4.98 Å². The number of benzene rings is 2. The number of anilines is 1. The maximum atomic E-state index is 13.0. The minimum Gasteiger partial charge on any atom is -0.496 e. The summed E-state index contributed by atoms with van der Waals surface area (Å²) in [6.45, 7) is 0.483. The Bertz CT molecular complexity index is 1220. The molecule has 8 heteroatoms. The number of halogens is 1. The largest absolute Gasteiger partial charge is 0.496 e. The zero-order valence-electron chi connectivity index (χ0n) is 20.1. The first-order chi connectivity index (χ1) is 17.5. The van der Waals surface area contributed by atoms with Crippen molar-refractivity contribution in [3.8, 4) is 5.75 Å². The minimum atomic E-state index is -0.133. The van der Waals surface area contributed by atoms with Gasteiger partial charge in [-0.05, 0) is 71.4 Å². The number of ether oxygens (including phenoxy) is 1. The molecule has 2 bridgehead atoms. The lowest BCUT2D eigenvalue weighted by atomic mass is 9.96. The summed E-state index contributed by atoms with van der Waals surface area (Å²) in [6.07, 6.45) is 5.53. The number of piperidine rings is 1. The summed E-state index contributed by atoms with van der Waals surface area (Å²) in [6, 6.07) is 19.8. The van der Waals surface area contributed by atoms with Crippen LogP contribution in [0.3, 0.4) is 0 Å². The fourth-order valence-corrected chi connectivity index (χ4v) is 5.94. The van der Waals surface area contributed by atoms with Crippen molar-refractivity contribution in [3.63, 3.8) is 0 Å². The molecule has 2 aromatic carbocycles. The molecule has 1 aromatic heterocycles. The van der Waals surface area contributed by atoms with Crippen LogP contribution in [0.25, 0.3) is 0 Å². The monoisotopic (exact) mass is 548 g/mol. The van der Waals surface area contributed by atoms with Crippen molar-refractivity contribution in [2.45, 2.75) is 50.4 Å². The van der Waals surface area contributed by atoms with Gasteiger partial charge in [0.15, 0.2) is 0 Å². The fraction of sp³-hybridized carbons (Fsp3) is 0.321. The summed E-state index contributed by atoms with van der Waals surface area (Å²) in [5.41, 5.74) is 2.18. The van der Waals surface area contributed by atoms with Crippen LogP contribution in [0.5, 0.6) is 5.75 Å². The number of hydrogen-bond acceptors (Lipinski definition) is 5. The molecule has 5 rings (SSSR count). The Morgan fingerprint density at radius 3 is 2.42 bits per heavy atom. The number of hydrogen-bond donors (Lipinski definition) is 2. The second kappa shape index (κ2) is 10.7. The summed E-state index contributed by atoms with van der Waals surface area (Å²) in [4.78, 5) is 32.5. The number of aromatic nitrogens is 1. The number of carbonyl (C=O) groups is 2. The van der Waals surface area contributed by atoms with Crippen LogP contribution < -0.4 is 20.3 Å². The van der Waals surface area contributed by atoms with Crippen LogP contribution in [0.2, 0.25) is 0 Å². The van der Waals surface area contributed by atoms with Crippen molar-refractivity contribution >= 4 is 33.6 Å². The number of methoxy groups -OCH3 is 1. The molecule has 3 aromatic rings. The highest BCUT2D eigenvalue weighted by atomic mass is 79.9. The zero-order valence-corrected chi connectivity index (χ0v) is 21.7. The van der Waals surface area contributed by atoms with Crippen LogP contribution in [-0.4, -0.2) is 42.0 Å². The highest BCUT2D eigenvalue weighted by Crippen LogP contribution is 2.39. The molecule has 0 radical (unpaired) electrons. The van der Waals surface area contributed by atoms with E-state index < -0.39 is 0 Å². The maximum Gasteiger partial charge on any atom is 0.253 e. The Labute approximate surface area is 219 Å². The number of carbonyl (C=O) groups excluding carboxylic acids is 2. The van der Waals surface area contributed by atoms with Crippen LogP contribution in [-0.2, 0) is 6.54 Å². The van der Waals surface area contributed by atoms with Crippen molar-refractivity contribution in [2.75, 3.05) is 12.0 Å². The molecule has 36 heavy (non-hydrogen) atoms. The van der Waals surface area contributed by atoms with Gasteiger partial charge in [-0.2, -0.15) is 0 Å². The van der Waals surface area contributed by atoms with Crippen molar-refractivity contribution in [1.82, 2.24) is 15.6 Å². The number of nitrogens with one attached hydrogen (secondary N) is 2. The Morgan fingerprint density at radius 1 is 1.00 bits per heavy atom. The van der Waals surface area contributed by atoms with E-state index in [4.69, 9.17) is 4.74 Å². The molecule has 3 atom stereocenters. The van der Waals surface area contributed by atoms with Crippen LogP contribution in [0, 0.1) is 0 Å². The van der Waals surface area contributed by atoms with Crippen LogP contribution in [0.15, 0.2) is 71.3 Å². The first kappa shape index (κ1) is 24.3. The Morgan fingerprint density at radius 2 is 1.75 bits per heavy atom. The van der Waals surface area contributed by atoms with Gasteiger partial charge in [0.25, 0.3) is 11.8 Å². The molecule has 186 valence electrons. The van der Waals surface area contributed by atoms with Gasteiger partial charge in [0.05, 0.1) is 22.7 Å². The van der Waals surface area contributed by atoms with Crippen molar-refractivity contribution in [2.24, 2.45) is 0 Å². The molecule has 2 fully saturated rings. The van der Waals surface area contributed by atoms with Gasteiger partial charge in [-0.3, -0.25) is 9.59 Å². The molecule has 2 aliphatic heterocycles. The average Bonchev–Trinajstić information content (AvgIpc) is 3.18. The Hall–Kier alpha value is -3.39. The van der Waals surface area contributed by atoms with Gasteiger partial charge < -0.3 is 20.3 Å². The average molecular weight is 549 g/mol. The molecule has 2 N–H and O–H groups in total. The van der Waals surface area contributed by atoms with Crippen molar-refractivity contribution in [1.29, 1.82) is 0 Å². The molecule has 0 spiro atoms. The quantitative estimate of drug-likeness (QED) is 0.446. The lowest BCUT2D eigenvalue weighted by Gasteiger charge is -2.40. The molecule has 7 nitrogen and oxygen atoms in total. The van der Waals surface area contributed by atoms with Crippen LogP contribution >= 0.6 is 15.9 Å². The lowest BCUT2D eigenvalue weighted by Crippen LogP contribution is -2.50. The van der Waals surface area contributed by atoms with Gasteiger partial charge >= 0.3 is 0 Å². The molecule has 0 aliphatic carbocycles. The van der Waals surface area contributed by atoms with Crippen LogP contribution in [0.4, 0.5) is 5.82 Å². The standard InChI is InChI=1S/C28H29BrN4O3/c1-36-24-9-5-8-23(26(24)29)28(35)32-20-14-21-11-12-22(15-20)33(21)25-13-10-19(17-30-25)27(34)31-16-18-6-3-2-4-7-18/h2-10,13,17,20-22H,11-12,14-16H2,1H3,(H,31,34)(H,32,35)/t20?,21-,22+. The van der Waals surface area contributed by atoms with E-state index in [9.17, 15) is 9.59 Å². The predicted molar refractivity (Wildman–Crippen MR) is 142 cm³/mol. The fourth-order valence-electron chi connectivity index (χ4n) is 5.33. The van der Waals surface area contributed by atoms with E-state index in [0.29, 0.717) is 40.0 Å². The third-order valence-corrected chi connectivity index (χ3v) is 7.88. The summed E-state index contributed by atoms with van der Waals surface area (Å²) in [7, 11) is 1.59. The van der Waals surface area contributed by atoms with E-state index in [1.54, 1.807) is 19.4 Å². The number of fused-ring (bicyclic) bond motifs is 2. The summed E-state index contributed by atoms with van der Waals surface area (Å²) >= 11 is 3.49. The number of nitrogens with zero attached hydrogens (tertiary/aromatic N) is 2. The molecule has 2 saturated heterocycles. The van der Waals surface area contributed by atoms with Gasteiger partial charge in [0, 0.05) is 30.9 Å². The van der Waals surface area contributed by atoms with Gasteiger partial charge in [-0.15, -0.1) is 0 Å². The second-order valence-corrected chi connectivity index (χ2v) is 10.1. The first-order valence-corrected chi connectivity index (χ1v) is 13.0. The van der Waals surface area contributed by atoms with Gasteiger partial charge in [0.1, 0.15) is 11.6 Å². The number of pyridine rings is 1. The highest BCUT2D eigenvalue weighted by Gasteiger charge is 2.42. The number of rotatable bonds is 7. The van der Waals surface area contributed by atoms with Gasteiger partial charge in [-0.1, -0.05) is 36.4 Å². The van der Waals surface area contributed by atoms with E-state index in [2.05, 4.69) is 36.4 Å². The number of amides is 2. The lowest BCUT2D eigenvalue weighted by molar-refractivity contribution is 0.0923. The maximum absolute atomic E-state index is 13.0. The van der Waals surface area contributed by atoms with E-state index in [1.807, 2.05) is 54.6 Å². The van der Waals surface area contributed by atoms with Crippen molar-refractivity contribution < 1.29 is 14.3 Å². The molecular formula is C28H29BrN4O3. The second-order valence-electron chi connectivity index (χ2n) is 9.33. The Kier molecular flexibility index (Phi) is 7.23. The summed E-state index contributed by atoms with van der Waals surface area (Å²) in [5.74, 6) is 1.30. The Balaban J connectivity index is 1.20. The van der Waals surface area contributed by atoms with Crippen LogP contribution in [0.1, 0.15) is 52.0 Å². The molecule has 2 amide bonds. The normalized spacial score (nSPS) is 20.6. The highest BCUT2D eigenvalue weighted by molar-refractivity contribution is 9.10. The van der Waals surface area contributed by atoms with Gasteiger partial charge in [0.2, 0.25) is 0 Å². The van der Waals surface area contributed by atoms with E-state index in [0.717, 1.165) is 37.1 Å². The predicted octanol–water partition coefficient (Wildman–Crippen LogP) is 4.71. The molecule has 2 aliphatic rings. The molecular weight excluding hydrogens is 520 g/mol.